The van der Waals surface area contributed by atoms with Crippen molar-refractivity contribution in [1.82, 2.24) is 14.8 Å². The second-order valence-electron chi connectivity index (χ2n) is 8.32. The highest BCUT2D eigenvalue weighted by Gasteiger charge is 2.21. The first-order valence-electron chi connectivity index (χ1n) is 11.6. The molecule has 4 rings (SSSR count). The van der Waals surface area contributed by atoms with Crippen LogP contribution in [0.1, 0.15) is 29.4 Å². The van der Waals surface area contributed by atoms with Gasteiger partial charge in [-0.25, -0.2) is 0 Å². The molecule has 0 aliphatic carbocycles. The molecule has 0 atom stereocenters. The third-order valence-electron chi connectivity index (χ3n) is 6.05. The van der Waals surface area contributed by atoms with Crippen molar-refractivity contribution in [2.45, 2.75) is 26.8 Å². The Labute approximate surface area is 198 Å². The number of fused-ring (bicyclic) bond motifs is 1. The number of aryl methyl sites for hydroxylation is 1. The van der Waals surface area contributed by atoms with Crippen LogP contribution in [0.5, 0.6) is 0 Å². The van der Waals surface area contributed by atoms with E-state index >= 15 is 0 Å². The van der Waals surface area contributed by atoms with Crippen molar-refractivity contribution in [2.75, 3.05) is 50.8 Å². The Hall–Kier alpha value is -2.68. The van der Waals surface area contributed by atoms with Gasteiger partial charge in [-0.15, -0.1) is 11.3 Å². The van der Waals surface area contributed by atoms with E-state index in [2.05, 4.69) is 10.2 Å². The quantitative estimate of drug-likeness (QED) is 0.488. The SMILES string of the molecule is CCN(C(=O)Cn1c(C(=O)NCCCN2CCOCC2)cc2sccc21)c1ccc(C)cc1. The smallest absolute Gasteiger partial charge is 0.267 e. The third kappa shape index (κ3) is 5.63. The summed E-state index contributed by atoms with van der Waals surface area (Å²) in [5.74, 6) is -0.169. The molecule has 1 fully saturated rings. The number of ether oxygens (including phenoxy) is 1. The number of hydrogen-bond donors (Lipinski definition) is 1. The summed E-state index contributed by atoms with van der Waals surface area (Å²) in [6.45, 7) is 9.69. The predicted octanol–water partition coefficient (Wildman–Crippen LogP) is 3.52. The number of carbonyl (C=O) groups excluding carboxylic acids is 2. The zero-order chi connectivity index (χ0) is 23.2. The molecule has 2 amide bonds. The van der Waals surface area contributed by atoms with Gasteiger partial charge in [-0.2, -0.15) is 0 Å². The fraction of sp³-hybridized carbons (Fsp3) is 0.440. The normalized spacial score (nSPS) is 14.5. The highest BCUT2D eigenvalue weighted by atomic mass is 32.1. The lowest BCUT2D eigenvalue weighted by atomic mass is 10.2. The number of rotatable bonds is 9. The van der Waals surface area contributed by atoms with Crippen molar-refractivity contribution in [3.8, 4) is 0 Å². The number of benzene rings is 1. The molecule has 1 aliphatic rings. The van der Waals surface area contributed by atoms with Crippen LogP contribution in [0.15, 0.2) is 41.8 Å². The van der Waals surface area contributed by atoms with E-state index in [0.717, 1.165) is 60.7 Å². The Morgan fingerprint density at radius 3 is 2.64 bits per heavy atom. The molecule has 33 heavy (non-hydrogen) atoms. The third-order valence-corrected chi connectivity index (χ3v) is 6.91. The average Bonchev–Trinajstić information content (AvgIpc) is 3.42. The van der Waals surface area contributed by atoms with E-state index in [0.29, 0.717) is 18.8 Å². The second kappa shape index (κ2) is 11.0. The number of likely N-dealkylation sites (N-methyl/N-ethyl adjacent to an activating group) is 1. The molecule has 1 aromatic carbocycles. The number of anilines is 1. The number of aromatic nitrogens is 1. The lowest BCUT2D eigenvalue weighted by Gasteiger charge is -2.26. The predicted molar refractivity (Wildman–Crippen MR) is 133 cm³/mol. The van der Waals surface area contributed by atoms with Gasteiger partial charge in [-0.1, -0.05) is 17.7 Å². The first kappa shape index (κ1) is 23.5. The van der Waals surface area contributed by atoms with Gasteiger partial charge in [0.05, 0.1) is 23.4 Å². The van der Waals surface area contributed by atoms with E-state index in [1.54, 1.807) is 16.2 Å². The fourth-order valence-corrected chi connectivity index (χ4v) is 5.03. The fourth-order valence-electron chi connectivity index (χ4n) is 4.20. The second-order valence-corrected chi connectivity index (χ2v) is 9.27. The molecule has 2 aromatic heterocycles. The van der Waals surface area contributed by atoms with E-state index in [1.165, 1.54) is 0 Å². The lowest BCUT2D eigenvalue weighted by Crippen LogP contribution is -2.38. The van der Waals surface area contributed by atoms with Crippen LogP contribution in [-0.4, -0.2) is 67.2 Å². The van der Waals surface area contributed by atoms with Crippen LogP contribution in [0.2, 0.25) is 0 Å². The molecule has 0 unspecified atom stereocenters. The van der Waals surface area contributed by atoms with Gasteiger partial charge in [0, 0.05) is 31.9 Å². The van der Waals surface area contributed by atoms with Gasteiger partial charge in [-0.3, -0.25) is 14.5 Å². The molecule has 0 spiro atoms. The molecule has 8 heteroatoms. The van der Waals surface area contributed by atoms with Gasteiger partial charge in [0.25, 0.3) is 5.91 Å². The summed E-state index contributed by atoms with van der Waals surface area (Å²) in [6.07, 6.45) is 0.886. The molecule has 0 bridgehead atoms. The molecular weight excluding hydrogens is 436 g/mol. The number of nitrogens with one attached hydrogen (secondary N) is 1. The molecule has 0 radical (unpaired) electrons. The number of hydrogen-bond acceptors (Lipinski definition) is 5. The molecule has 1 saturated heterocycles. The van der Waals surface area contributed by atoms with Crippen LogP contribution >= 0.6 is 11.3 Å². The Morgan fingerprint density at radius 1 is 1.15 bits per heavy atom. The van der Waals surface area contributed by atoms with Crippen molar-refractivity contribution < 1.29 is 14.3 Å². The van der Waals surface area contributed by atoms with E-state index < -0.39 is 0 Å². The van der Waals surface area contributed by atoms with Crippen molar-refractivity contribution >= 4 is 39.1 Å². The van der Waals surface area contributed by atoms with Crippen LogP contribution in [0.4, 0.5) is 5.69 Å². The van der Waals surface area contributed by atoms with Crippen LogP contribution in [0.3, 0.4) is 0 Å². The molecule has 1 N–H and O–H groups in total. The number of morpholine rings is 1. The Kier molecular flexibility index (Phi) is 7.80. The van der Waals surface area contributed by atoms with E-state index in [1.807, 2.05) is 60.2 Å². The maximum absolute atomic E-state index is 13.3. The molecule has 1 aliphatic heterocycles. The van der Waals surface area contributed by atoms with Gasteiger partial charge in [0.15, 0.2) is 0 Å². The monoisotopic (exact) mass is 468 g/mol. The molecular formula is C25H32N4O3S. The van der Waals surface area contributed by atoms with Gasteiger partial charge >= 0.3 is 0 Å². The topological polar surface area (TPSA) is 66.8 Å². The summed E-state index contributed by atoms with van der Waals surface area (Å²) in [4.78, 5) is 30.4. The Morgan fingerprint density at radius 2 is 1.91 bits per heavy atom. The molecule has 3 heterocycles. The first-order chi connectivity index (χ1) is 16.1. The summed E-state index contributed by atoms with van der Waals surface area (Å²) in [7, 11) is 0. The van der Waals surface area contributed by atoms with Gasteiger partial charge in [0.2, 0.25) is 5.91 Å². The average molecular weight is 469 g/mol. The molecule has 176 valence electrons. The summed E-state index contributed by atoms with van der Waals surface area (Å²) in [5, 5.41) is 5.04. The largest absolute Gasteiger partial charge is 0.379 e. The minimum Gasteiger partial charge on any atom is -0.379 e. The highest BCUT2D eigenvalue weighted by molar-refractivity contribution is 7.17. The van der Waals surface area contributed by atoms with Crippen molar-refractivity contribution in [2.24, 2.45) is 0 Å². The van der Waals surface area contributed by atoms with Crippen molar-refractivity contribution in [3.63, 3.8) is 0 Å². The lowest BCUT2D eigenvalue weighted by molar-refractivity contribution is -0.119. The highest BCUT2D eigenvalue weighted by Crippen LogP contribution is 2.26. The Balaban J connectivity index is 1.43. The summed E-state index contributed by atoms with van der Waals surface area (Å²) in [6, 6.07) is 11.8. The Bertz CT molecular complexity index is 1080. The van der Waals surface area contributed by atoms with Gasteiger partial charge < -0.3 is 19.5 Å². The van der Waals surface area contributed by atoms with Crippen molar-refractivity contribution in [3.05, 3.63) is 53.0 Å². The first-order valence-corrected chi connectivity index (χ1v) is 12.5. The van der Waals surface area contributed by atoms with E-state index in [9.17, 15) is 9.59 Å². The van der Waals surface area contributed by atoms with E-state index in [4.69, 9.17) is 4.74 Å². The van der Waals surface area contributed by atoms with Crippen LogP contribution in [0.25, 0.3) is 10.2 Å². The molecule has 7 nitrogen and oxygen atoms in total. The number of amides is 2. The number of nitrogens with zero attached hydrogens (tertiary/aromatic N) is 3. The number of carbonyl (C=O) groups is 2. The molecule has 0 saturated carbocycles. The van der Waals surface area contributed by atoms with Crippen LogP contribution in [0, 0.1) is 6.92 Å². The van der Waals surface area contributed by atoms with Gasteiger partial charge in [0.1, 0.15) is 12.2 Å². The zero-order valence-electron chi connectivity index (χ0n) is 19.4. The zero-order valence-corrected chi connectivity index (χ0v) is 20.2. The summed E-state index contributed by atoms with van der Waals surface area (Å²) >= 11 is 1.58. The van der Waals surface area contributed by atoms with E-state index in [-0.39, 0.29) is 18.4 Å². The maximum Gasteiger partial charge on any atom is 0.267 e. The van der Waals surface area contributed by atoms with Gasteiger partial charge in [-0.05, 0) is 56.5 Å². The van der Waals surface area contributed by atoms with Crippen molar-refractivity contribution in [1.29, 1.82) is 0 Å². The van der Waals surface area contributed by atoms with Crippen LogP contribution in [-0.2, 0) is 16.1 Å². The minimum atomic E-state index is -0.133. The minimum absolute atomic E-state index is 0.0357. The number of thiophene rings is 1. The summed E-state index contributed by atoms with van der Waals surface area (Å²) in [5.41, 5.74) is 3.49. The summed E-state index contributed by atoms with van der Waals surface area (Å²) < 4.78 is 8.25. The molecule has 3 aromatic rings. The standard InChI is InChI=1S/C25H32N4O3S/c1-3-28(20-7-5-19(2)6-8-20)24(30)18-29-21-9-16-33-23(21)17-22(29)25(31)26-10-4-11-27-12-14-32-15-13-27/h5-9,16-17H,3-4,10-15,18H2,1-2H3,(H,26,31). The maximum atomic E-state index is 13.3. The van der Waals surface area contributed by atoms with Crippen LogP contribution < -0.4 is 10.2 Å².